The van der Waals surface area contributed by atoms with E-state index in [4.69, 9.17) is 9.47 Å². The molecule has 7 atom stereocenters. The first-order valence-electron chi connectivity index (χ1n) is 28.3. The molecule has 1 aliphatic rings. The number of aliphatic hydroxyl groups is 5. The number of hydrogen-bond donors (Lipinski definition) is 6. The molecular weight excluding hydrogens is 863 g/mol. The van der Waals surface area contributed by atoms with Gasteiger partial charge in [-0.2, -0.15) is 0 Å². The van der Waals surface area contributed by atoms with E-state index in [-0.39, 0.29) is 18.9 Å². The van der Waals surface area contributed by atoms with Gasteiger partial charge in [-0.1, -0.05) is 240 Å². The predicted molar refractivity (Wildman–Crippen MR) is 290 cm³/mol. The van der Waals surface area contributed by atoms with Crippen molar-refractivity contribution in [1.82, 2.24) is 5.32 Å². The lowest BCUT2D eigenvalue weighted by Gasteiger charge is -2.40. The monoisotopic (exact) mass is 968 g/mol. The molecule has 0 saturated carbocycles. The van der Waals surface area contributed by atoms with Crippen molar-refractivity contribution in [2.45, 2.75) is 275 Å². The highest BCUT2D eigenvalue weighted by Crippen LogP contribution is 2.23. The SMILES string of the molecule is CC/C=C\C/C=C\C/C=C\C/C=C\C/C=C\CCCC(=O)NC(COC1OC(CO)C(O)C(O)C1O)C(O)/C=C/CC/C=C/CCCCCCCCCCCCCCCCCCCCCCCCC. The minimum atomic E-state index is -1.59. The summed E-state index contributed by atoms with van der Waals surface area (Å²) >= 11 is 0. The summed E-state index contributed by atoms with van der Waals surface area (Å²) in [6.07, 6.45) is 62.4. The number of aliphatic hydroxyl groups excluding tert-OH is 5. The van der Waals surface area contributed by atoms with E-state index >= 15 is 0 Å². The summed E-state index contributed by atoms with van der Waals surface area (Å²) in [5, 5.41) is 54.4. The maximum atomic E-state index is 13.0. The molecule has 0 aromatic rings. The van der Waals surface area contributed by atoms with E-state index < -0.39 is 49.5 Å². The lowest BCUT2D eigenvalue weighted by molar-refractivity contribution is -0.302. The highest BCUT2D eigenvalue weighted by molar-refractivity contribution is 5.76. The van der Waals surface area contributed by atoms with E-state index in [0.717, 1.165) is 57.8 Å². The molecule has 0 spiro atoms. The Morgan fingerprint density at radius 2 is 0.913 bits per heavy atom. The van der Waals surface area contributed by atoms with Gasteiger partial charge in [-0.25, -0.2) is 0 Å². The molecule has 9 nitrogen and oxygen atoms in total. The summed E-state index contributed by atoms with van der Waals surface area (Å²) in [4.78, 5) is 13.0. The largest absolute Gasteiger partial charge is 0.394 e. The standard InChI is InChI=1S/C60H105NO8/c1-3-5-7-9-11-13-15-17-19-21-22-23-24-25-26-27-28-29-30-31-32-34-35-37-39-41-43-45-47-49-54(63)53(52-68-60-59(67)58(66)57(65)55(51-62)69-60)61-56(64)50-48-46-44-42-40-38-36-33-20-18-16-14-12-10-8-6-4-2/h6,8,12,14,18,20,36,38-39,41-42,44,47,49,53-55,57-60,62-63,65-67H,3-5,7,9-11,13,15-17,19,21-35,37,40,43,45-46,48,50-52H2,1-2H3,(H,61,64)/b8-6-,14-12-,20-18-,38-36-,41-39+,44-42-,49-47+. The van der Waals surface area contributed by atoms with Crippen LogP contribution < -0.4 is 5.32 Å². The number of carbonyl (C=O) groups excluding carboxylic acids is 1. The Morgan fingerprint density at radius 1 is 0.507 bits per heavy atom. The topological polar surface area (TPSA) is 149 Å². The molecule has 1 heterocycles. The van der Waals surface area contributed by atoms with Gasteiger partial charge < -0.3 is 40.3 Å². The van der Waals surface area contributed by atoms with Crippen molar-refractivity contribution in [3.05, 3.63) is 85.1 Å². The van der Waals surface area contributed by atoms with Crippen molar-refractivity contribution in [1.29, 1.82) is 0 Å². The number of amides is 1. The molecule has 9 heteroatoms. The molecule has 1 rings (SSSR count). The molecule has 398 valence electrons. The Morgan fingerprint density at radius 3 is 1.39 bits per heavy atom. The van der Waals surface area contributed by atoms with Gasteiger partial charge in [-0.05, 0) is 70.6 Å². The number of allylic oxidation sites excluding steroid dienone is 13. The van der Waals surface area contributed by atoms with Gasteiger partial charge in [0.25, 0.3) is 0 Å². The minimum absolute atomic E-state index is 0.228. The van der Waals surface area contributed by atoms with E-state index in [2.05, 4.69) is 92.1 Å². The Hall–Kier alpha value is -2.63. The van der Waals surface area contributed by atoms with E-state index in [1.54, 1.807) is 6.08 Å². The molecule has 1 aliphatic heterocycles. The fourth-order valence-corrected chi connectivity index (χ4v) is 8.50. The van der Waals surface area contributed by atoms with Crippen LogP contribution in [0, 0.1) is 0 Å². The maximum absolute atomic E-state index is 13.0. The zero-order valence-corrected chi connectivity index (χ0v) is 44.0. The van der Waals surface area contributed by atoms with Gasteiger partial charge in [-0.15, -0.1) is 0 Å². The highest BCUT2D eigenvalue weighted by atomic mass is 16.7. The smallest absolute Gasteiger partial charge is 0.220 e. The summed E-state index contributed by atoms with van der Waals surface area (Å²) in [6.45, 7) is 3.62. The van der Waals surface area contributed by atoms with Crippen LogP contribution in [0.25, 0.3) is 0 Å². The first-order valence-corrected chi connectivity index (χ1v) is 28.3. The van der Waals surface area contributed by atoms with E-state index in [1.807, 2.05) is 6.08 Å². The number of hydrogen-bond acceptors (Lipinski definition) is 8. The van der Waals surface area contributed by atoms with Gasteiger partial charge in [-0.3, -0.25) is 4.79 Å². The average molecular weight is 968 g/mol. The predicted octanol–water partition coefficient (Wildman–Crippen LogP) is 13.8. The van der Waals surface area contributed by atoms with Crippen LogP contribution in [0.3, 0.4) is 0 Å². The summed E-state index contributed by atoms with van der Waals surface area (Å²) in [5.74, 6) is -0.245. The molecule has 0 bridgehead atoms. The lowest BCUT2D eigenvalue weighted by Crippen LogP contribution is -2.60. The minimum Gasteiger partial charge on any atom is -0.394 e. The molecule has 1 amide bonds. The summed E-state index contributed by atoms with van der Waals surface area (Å²) in [7, 11) is 0. The molecule has 6 N–H and O–H groups in total. The van der Waals surface area contributed by atoms with Crippen LogP contribution in [0.5, 0.6) is 0 Å². The molecule has 0 aliphatic carbocycles. The van der Waals surface area contributed by atoms with Gasteiger partial charge in [0.15, 0.2) is 6.29 Å². The first-order chi connectivity index (χ1) is 33.8. The molecular formula is C60H105NO8. The summed E-state index contributed by atoms with van der Waals surface area (Å²) in [6, 6.07) is -0.857. The van der Waals surface area contributed by atoms with Gasteiger partial charge in [0, 0.05) is 6.42 Å². The molecule has 0 aromatic heterocycles. The highest BCUT2D eigenvalue weighted by Gasteiger charge is 2.44. The Balaban J connectivity index is 2.26. The fourth-order valence-electron chi connectivity index (χ4n) is 8.50. The van der Waals surface area contributed by atoms with Crippen LogP contribution in [0.4, 0.5) is 0 Å². The summed E-state index contributed by atoms with van der Waals surface area (Å²) < 4.78 is 11.2. The molecule has 69 heavy (non-hydrogen) atoms. The Bertz CT molecular complexity index is 1350. The third-order valence-corrected chi connectivity index (χ3v) is 13.0. The number of ether oxygens (including phenoxy) is 2. The second-order valence-electron chi connectivity index (χ2n) is 19.3. The van der Waals surface area contributed by atoms with Crippen molar-refractivity contribution in [3.8, 4) is 0 Å². The number of carbonyl (C=O) groups is 1. The number of rotatable bonds is 47. The normalized spacial score (nSPS) is 20.1. The fraction of sp³-hybridized carbons (Fsp3) is 0.750. The van der Waals surface area contributed by atoms with Crippen LogP contribution in [0.2, 0.25) is 0 Å². The molecule has 1 fully saturated rings. The number of nitrogens with one attached hydrogen (secondary N) is 1. The van der Waals surface area contributed by atoms with Crippen molar-refractivity contribution in [3.63, 3.8) is 0 Å². The third-order valence-electron chi connectivity index (χ3n) is 13.0. The zero-order chi connectivity index (χ0) is 50.1. The zero-order valence-electron chi connectivity index (χ0n) is 44.0. The maximum Gasteiger partial charge on any atom is 0.220 e. The quantitative estimate of drug-likeness (QED) is 0.0261. The van der Waals surface area contributed by atoms with E-state index in [9.17, 15) is 30.3 Å². The van der Waals surface area contributed by atoms with Crippen LogP contribution >= 0.6 is 0 Å². The van der Waals surface area contributed by atoms with Gasteiger partial charge >= 0.3 is 0 Å². The van der Waals surface area contributed by atoms with E-state index in [1.165, 1.54) is 148 Å². The second-order valence-corrected chi connectivity index (χ2v) is 19.3. The molecule has 0 radical (unpaired) electrons. The Kier molecular flexibility index (Phi) is 45.7. The van der Waals surface area contributed by atoms with Crippen molar-refractivity contribution >= 4 is 5.91 Å². The van der Waals surface area contributed by atoms with Crippen LogP contribution in [0.1, 0.15) is 232 Å². The van der Waals surface area contributed by atoms with Gasteiger partial charge in [0.05, 0.1) is 25.4 Å². The molecule has 1 saturated heterocycles. The molecule has 0 aromatic carbocycles. The summed E-state index contributed by atoms with van der Waals surface area (Å²) in [5.41, 5.74) is 0. The van der Waals surface area contributed by atoms with Crippen molar-refractivity contribution in [2.75, 3.05) is 13.2 Å². The van der Waals surface area contributed by atoms with Crippen molar-refractivity contribution in [2.24, 2.45) is 0 Å². The number of unbranched alkanes of at least 4 members (excludes halogenated alkanes) is 25. The van der Waals surface area contributed by atoms with Crippen LogP contribution in [-0.4, -0.2) is 87.5 Å². The van der Waals surface area contributed by atoms with Crippen LogP contribution in [-0.2, 0) is 14.3 Å². The molecule has 7 unspecified atom stereocenters. The van der Waals surface area contributed by atoms with Gasteiger partial charge in [0.1, 0.15) is 24.4 Å². The van der Waals surface area contributed by atoms with Crippen LogP contribution in [0.15, 0.2) is 85.1 Å². The Labute approximate surface area is 422 Å². The van der Waals surface area contributed by atoms with Gasteiger partial charge in [0.2, 0.25) is 5.91 Å². The lowest BCUT2D eigenvalue weighted by atomic mass is 9.99. The average Bonchev–Trinajstić information content (AvgIpc) is 3.35. The third kappa shape index (κ3) is 38.7. The second kappa shape index (κ2) is 49.0. The first kappa shape index (κ1) is 64.4. The van der Waals surface area contributed by atoms with Crippen molar-refractivity contribution < 1.29 is 39.8 Å². The van der Waals surface area contributed by atoms with E-state index in [0.29, 0.717) is 6.42 Å².